The van der Waals surface area contributed by atoms with Crippen LogP contribution in [0.3, 0.4) is 0 Å². The quantitative estimate of drug-likeness (QED) is 0.854. The van der Waals surface area contributed by atoms with Crippen LogP contribution in [0.5, 0.6) is 0 Å². The molecule has 1 aliphatic rings. The lowest BCUT2D eigenvalue weighted by molar-refractivity contribution is 0.191. The highest BCUT2D eigenvalue weighted by molar-refractivity contribution is 6.31. The third kappa shape index (κ3) is 1.91. The molecule has 1 fully saturated rings. The highest BCUT2D eigenvalue weighted by Crippen LogP contribution is 2.31. The van der Waals surface area contributed by atoms with Gasteiger partial charge in [0.1, 0.15) is 0 Å². The first kappa shape index (κ1) is 11.0. The van der Waals surface area contributed by atoms with Crippen LogP contribution in [0.15, 0.2) is 0 Å². The average Bonchev–Trinajstić information content (AvgIpc) is 2.42. The second-order valence-electron chi connectivity index (χ2n) is 4.78. The standard InChI is InChI=1S/C11H18ClN3/c1-4-8-10(12)9(15(3)14-8)5-11(2)6-13-7-11/h13H,4-7H2,1-3H3. The largest absolute Gasteiger partial charge is 0.316 e. The average molecular weight is 228 g/mol. The van der Waals surface area contributed by atoms with Crippen molar-refractivity contribution in [3.63, 3.8) is 0 Å². The Morgan fingerprint density at radius 1 is 1.53 bits per heavy atom. The van der Waals surface area contributed by atoms with Gasteiger partial charge in [0, 0.05) is 20.1 Å². The Balaban J connectivity index is 2.23. The van der Waals surface area contributed by atoms with Crippen LogP contribution in [0.2, 0.25) is 5.02 Å². The molecule has 15 heavy (non-hydrogen) atoms. The number of rotatable bonds is 3. The van der Waals surface area contributed by atoms with Crippen LogP contribution in [0.1, 0.15) is 25.2 Å². The van der Waals surface area contributed by atoms with Crippen LogP contribution in [-0.4, -0.2) is 22.9 Å². The first-order valence-electron chi connectivity index (χ1n) is 5.47. The highest BCUT2D eigenvalue weighted by Gasteiger charge is 2.33. The molecule has 1 N–H and O–H groups in total. The van der Waals surface area contributed by atoms with E-state index in [1.54, 1.807) is 0 Å². The Morgan fingerprint density at radius 3 is 2.60 bits per heavy atom. The Bertz CT molecular complexity index is 366. The summed E-state index contributed by atoms with van der Waals surface area (Å²) in [6.07, 6.45) is 1.92. The molecule has 0 unspecified atom stereocenters. The fraction of sp³-hybridized carbons (Fsp3) is 0.727. The van der Waals surface area contributed by atoms with E-state index in [0.29, 0.717) is 5.41 Å². The maximum atomic E-state index is 6.31. The lowest BCUT2D eigenvalue weighted by atomic mass is 9.80. The van der Waals surface area contributed by atoms with Gasteiger partial charge in [-0.1, -0.05) is 25.4 Å². The van der Waals surface area contributed by atoms with Crippen LogP contribution in [0, 0.1) is 5.41 Å². The van der Waals surface area contributed by atoms with Crippen molar-refractivity contribution in [1.29, 1.82) is 0 Å². The molecule has 0 amide bonds. The number of nitrogens with one attached hydrogen (secondary N) is 1. The zero-order valence-corrected chi connectivity index (χ0v) is 10.4. The predicted molar refractivity (Wildman–Crippen MR) is 62.3 cm³/mol. The van der Waals surface area contributed by atoms with Gasteiger partial charge in [-0.15, -0.1) is 0 Å². The molecule has 1 aromatic rings. The van der Waals surface area contributed by atoms with Crippen LogP contribution >= 0.6 is 11.6 Å². The van der Waals surface area contributed by atoms with Gasteiger partial charge in [0.05, 0.1) is 16.4 Å². The van der Waals surface area contributed by atoms with Gasteiger partial charge in [-0.25, -0.2) is 0 Å². The lowest BCUT2D eigenvalue weighted by Crippen LogP contribution is -2.52. The molecule has 0 aliphatic carbocycles. The fourth-order valence-corrected chi connectivity index (χ4v) is 2.45. The Morgan fingerprint density at radius 2 is 2.20 bits per heavy atom. The van der Waals surface area contributed by atoms with Crippen molar-refractivity contribution >= 4 is 11.6 Å². The Hall–Kier alpha value is -0.540. The molecule has 1 aromatic heterocycles. The van der Waals surface area contributed by atoms with Gasteiger partial charge in [0.25, 0.3) is 0 Å². The second-order valence-corrected chi connectivity index (χ2v) is 5.15. The first-order valence-corrected chi connectivity index (χ1v) is 5.84. The number of hydrogen-bond donors (Lipinski definition) is 1. The summed E-state index contributed by atoms with van der Waals surface area (Å²) >= 11 is 6.31. The number of hydrogen-bond acceptors (Lipinski definition) is 2. The number of aromatic nitrogens is 2. The zero-order valence-electron chi connectivity index (χ0n) is 9.60. The minimum absolute atomic E-state index is 0.364. The van der Waals surface area contributed by atoms with Crippen molar-refractivity contribution in [3.05, 3.63) is 16.4 Å². The maximum absolute atomic E-state index is 6.31. The van der Waals surface area contributed by atoms with E-state index in [0.717, 1.165) is 36.6 Å². The van der Waals surface area contributed by atoms with Crippen molar-refractivity contribution in [2.75, 3.05) is 13.1 Å². The van der Waals surface area contributed by atoms with E-state index in [2.05, 4.69) is 24.3 Å². The van der Waals surface area contributed by atoms with E-state index in [9.17, 15) is 0 Å². The number of nitrogens with zero attached hydrogens (tertiary/aromatic N) is 2. The molecule has 0 bridgehead atoms. The van der Waals surface area contributed by atoms with E-state index in [1.165, 1.54) is 5.69 Å². The predicted octanol–water partition coefficient (Wildman–Crippen LogP) is 1.79. The van der Waals surface area contributed by atoms with Gasteiger partial charge in [-0.3, -0.25) is 4.68 Å². The fourth-order valence-electron chi connectivity index (χ4n) is 2.09. The third-order valence-corrected chi connectivity index (χ3v) is 3.64. The molecule has 0 saturated carbocycles. The molecule has 0 radical (unpaired) electrons. The van der Waals surface area contributed by atoms with E-state index < -0.39 is 0 Å². The summed E-state index contributed by atoms with van der Waals surface area (Å²) in [5.41, 5.74) is 2.56. The van der Waals surface area contributed by atoms with E-state index >= 15 is 0 Å². The monoisotopic (exact) mass is 227 g/mol. The highest BCUT2D eigenvalue weighted by atomic mass is 35.5. The molecular formula is C11H18ClN3. The molecule has 2 heterocycles. The van der Waals surface area contributed by atoms with Gasteiger partial charge in [-0.05, 0) is 18.3 Å². The van der Waals surface area contributed by atoms with Gasteiger partial charge < -0.3 is 5.32 Å². The normalized spacial score (nSPS) is 18.9. The molecule has 0 atom stereocenters. The smallest absolute Gasteiger partial charge is 0.0849 e. The molecule has 0 aromatic carbocycles. The maximum Gasteiger partial charge on any atom is 0.0849 e. The molecule has 84 valence electrons. The first-order chi connectivity index (χ1) is 7.06. The SMILES string of the molecule is CCc1nn(C)c(CC2(C)CNC2)c1Cl. The van der Waals surface area contributed by atoms with E-state index in [4.69, 9.17) is 11.6 Å². The van der Waals surface area contributed by atoms with Gasteiger partial charge in [-0.2, -0.15) is 5.10 Å². The summed E-state index contributed by atoms with van der Waals surface area (Å²) in [5, 5.41) is 8.61. The summed E-state index contributed by atoms with van der Waals surface area (Å²) < 4.78 is 1.94. The van der Waals surface area contributed by atoms with Crippen LogP contribution < -0.4 is 5.32 Å². The summed E-state index contributed by atoms with van der Waals surface area (Å²) in [6, 6.07) is 0. The molecule has 4 heteroatoms. The zero-order chi connectivity index (χ0) is 11.1. The molecular weight excluding hydrogens is 210 g/mol. The number of aryl methyl sites for hydroxylation is 2. The molecule has 1 aliphatic heterocycles. The van der Waals surface area contributed by atoms with Crippen LogP contribution in [0.25, 0.3) is 0 Å². The van der Waals surface area contributed by atoms with Crippen LogP contribution in [-0.2, 0) is 19.9 Å². The van der Waals surface area contributed by atoms with Gasteiger partial charge in [0.15, 0.2) is 0 Å². The van der Waals surface area contributed by atoms with E-state index in [-0.39, 0.29) is 0 Å². The minimum atomic E-state index is 0.364. The van der Waals surface area contributed by atoms with E-state index in [1.807, 2.05) is 11.7 Å². The molecule has 2 rings (SSSR count). The van der Waals surface area contributed by atoms with Crippen molar-refractivity contribution in [2.45, 2.75) is 26.7 Å². The molecule has 3 nitrogen and oxygen atoms in total. The Kier molecular flexibility index (Phi) is 2.77. The summed E-state index contributed by atoms with van der Waals surface area (Å²) in [5.74, 6) is 0. The minimum Gasteiger partial charge on any atom is -0.316 e. The summed E-state index contributed by atoms with van der Waals surface area (Å²) in [7, 11) is 1.98. The lowest BCUT2D eigenvalue weighted by Gasteiger charge is -2.39. The second kappa shape index (κ2) is 3.80. The van der Waals surface area contributed by atoms with Gasteiger partial charge >= 0.3 is 0 Å². The van der Waals surface area contributed by atoms with Gasteiger partial charge in [0.2, 0.25) is 0 Å². The molecule has 1 saturated heterocycles. The third-order valence-electron chi connectivity index (χ3n) is 3.20. The Labute approximate surface area is 95.8 Å². The van der Waals surface area contributed by atoms with Crippen molar-refractivity contribution < 1.29 is 0 Å². The van der Waals surface area contributed by atoms with Crippen molar-refractivity contribution in [3.8, 4) is 0 Å². The molecule has 0 spiro atoms. The summed E-state index contributed by atoms with van der Waals surface area (Å²) in [6.45, 7) is 6.54. The van der Waals surface area contributed by atoms with Crippen molar-refractivity contribution in [1.82, 2.24) is 15.1 Å². The van der Waals surface area contributed by atoms with Crippen LogP contribution in [0.4, 0.5) is 0 Å². The van der Waals surface area contributed by atoms with Crippen molar-refractivity contribution in [2.24, 2.45) is 12.5 Å². The summed E-state index contributed by atoms with van der Waals surface area (Å²) in [4.78, 5) is 0. The number of halogens is 1. The topological polar surface area (TPSA) is 29.9 Å².